The number of aromatic nitrogens is 1. The SMILES string of the molecule is COC(=O)C(C)NP(CCCNCc1ccc(-c2ccc(C)cc2)c(-c2ccccc2)n1)Oc1ccccc1. The Balaban J connectivity index is 1.38. The molecule has 39 heavy (non-hydrogen) atoms. The minimum absolute atomic E-state index is 0.299. The molecule has 0 saturated heterocycles. The highest BCUT2D eigenvalue weighted by molar-refractivity contribution is 7.50. The van der Waals surface area contributed by atoms with Crippen LogP contribution in [-0.2, 0) is 16.1 Å². The van der Waals surface area contributed by atoms with E-state index in [9.17, 15) is 4.79 Å². The zero-order chi connectivity index (χ0) is 27.5. The predicted molar refractivity (Wildman–Crippen MR) is 160 cm³/mol. The van der Waals surface area contributed by atoms with E-state index in [2.05, 4.69) is 65.9 Å². The summed E-state index contributed by atoms with van der Waals surface area (Å²) in [5, 5.41) is 6.83. The fraction of sp³-hybridized carbons (Fsp3) is 0.250. The first-order chi connectivity index (χ1) is 19.0. The van der Waals surface area contributed by atoms with Gasteiger partial charge in [-0.05, 0) is 50.6 Å². The first-order valence-electron chi connectivity index (χ1n) is 13.2. The van der Waals surface area contributed by atoms with Gasteiger partial charge in [0.15, 0.2) is 8.30 Å². The summed E-state index contributed by atoms with van der Waals surface area (Å²) >= 11 is 0. The Morgan fingerprint density at radius 3 is 2.28 bits per heavy atom. The van der Waals surface area contributed by atoms with Crippen LogP contribution in [0.4, 0.5) is 0 Å². The van der Waals surface area contributed by atoms with Gasteiger partial charge in [0.05, 0.1) is 18.5 Å². The highest BCUT2D eigenvalue weighted by Gasteiger charge is 2.20. The number of benzene rings is 3. The first kappa shape index (κ1) is 28.4. The van der Waals surface area contributed by atoms with E-state index in [0.29, 0.717) is 6.54 Å². The van der Waals surface area contributed by atoms with Crippen molar-refractivity contribution in [1.29, 1.82) is 0 Å². The number of methoxy groups -OCH3 is 1. The maximum Gasteiger partial charge on any atom is 0.322 e. The van der Waals surface area contributed by atoms with E-state index in [1.807, 2.05) is 48.5 Å². The molecule has 0 saturated carbocycles. The molecule has 1 aromatic heterocycles. The van der Waals surface area contributed by atoms with Crippen LogP contribution < -0.4 is 14.9 Å². The van der Waals surface area contributed by atoms with Crippen LogP contribution in [0.25, 0.3) is 22.4 Å². The third-order valence-corrected chi connectivity index (χ3v) is 8.06. The van der Waals surface area contributed by atoms with Gasteiger partial charge in [-0.15, -0.1) is 0 Å². The Morgan fingerprint density at radius 2 is 1.59 bits per heavy atom. The zero-order valence-corrected chi connectivity index (χ0v) is 23.7. The minimum atomic E-state index is -1.06. The standard InChI is InChI=1S/C32H36N3O3P/c1-24-15-17-26(18-16-24)30-20-19-28(34-31(30)27-11-6-4-7-12-27)23-33-21-10-22-39(35-25(2)32(36)37-3)38-29-13-8-5-9-14-29/h4-9,11-20,25,33,35H,10,21-23H2,1-3H3. The van der Waals surface area contributed by atoms with Gasteiger partial charge in [-0.1, -0.05) is 84.4 Å². The number of nitrogens with one attached hydrogen (secondary N) is 2. The Morgan fingerprint density at radius 1 is 0.897 bits per heavy atom. The van der Waals surface area contributed by atoms with Crippen molar-refractivity contribution in [2.75, 3.05) is 19.8 Å². The van der Waals surface area contributed by atoms with Gasteiger partial charge >= 0.3 is 5.97 Å². The summed E-state index contributed by atoms with van der Waals surface area (Å²) < 4.78 is 11.1. The van der Waals surface area contributed by atoms with Crippen LogP contribution in [0.15, 0.2) is 97.1 Å². The molecule has 3 aromatic carbocycles. The van der Waals surface area contributed by atoms with Gasteiger partial charge in [-0.25, -0.2) is 0 Å². The van der Waals surface area contributed by atoms with Crippen LogP contribution in [0.2, 0.25) is 0 Å². The van der Waals surface area contributed by atoms with Crippen molar-refractivity contribution in [3.8, 4) is 28.1 Å². The Bertz CT molecular complexity index is 1320. The predicted octanol–water partition coefficient (Wildman–Crippen LogP) is 6.75. The quantitative estimate of drug-likeness (QED) is 0.111. The van der Waals surface area contributed by atoms with Gasteiger partial charge in [-0.3, -0.25) is 14.9 Å². The van der Waals surface area contributed by atoms with Crippen molar-refractivity contribution in [3.05, 3.63) is 108 Å². The molecular weight excluding hydrogens is 505 g/mol. The van der Waals surface area contributed by atoms with E-state index in [1.165, 1.54) is 12.7 Å². The largest absolute Gasteiger partial charge is 0.468 e. The van der Waals surface area contributed by atoms with Crippen LogP contribution >= 0.6 is 8.30 Å². The van der Waals surface area contributed by atoms with Gasteiger partial charge in [0, 0.05) is 23.8 Å². The highest BCUT2D eigenvalue weighted by Crippen LogP contribution is 2.35. The number of hydrogen-bond acceptors (Lipinski definition) is 6. The van der Waals surface area contributed by atoms with E-state index in [0.717, 1.165) is 53.0 Å². The van der Waals surface area contributed by atoms with E-state index in [4.69, 9.17) is 14.2 Å². The molecule has 4 aromatic rings. The van der Waals surface area contributed by atoms with E-state index in [1.54, 1.807) is 6.92 Å². The Labute approximate surface area is 232 Å². The number of carbonyl (C=O) groups excluding carboxylic acids is 1. The molecule has 2 atom stereocenters. The van der Waals surface area contributed by atoms with E-state index < -0.39 is 14.3 Å². The fourth-order valence-corrected chi connectivity index (χ4v) is 5.77. The minimum Gasteiger partial charge on any atom is -0.468 e. The Hall–Kier alpha value is -3.57. The molecule has 2 N–H and O–H groups in total. The lowest BCUT2D eigenvalue weighted by molar-refractivity contribution is -0.142. The average Bonchev–Trinajstić information content (AvgIpc) is 2.98. The number of nitrogens with zero attached hydrogens (tertiary/aromatic N) is 1. The molecule has 0 amide bonds. The Kier molecular flexibility index (Phi) is 10.6. The van der Waals surface area contributed by atoms with Crippen molar-refractivity contribution >= 4 is 14.3 Å². The number of esters is 1. The summed E-state index contributed by atoms with van der Waals surface area (Å²) in [5.74, 6) is 0.485. The maximum absolute atomic E-state index is 11.9. The molecular formula is C32H36N3O3P. The fourth-order valence-electron chi connectivity index (χ4n) is 4.13. The van der Waals surface area contributed by atoms with Crippen molar-refractivity contribution in [2.24, 2.45) is 0 Å². The molecule has 4 rings (SSSR count). The van der Waals surface area contributed by atoms with Gasteiger partial charge in [-0.2, -0.15) is 0 Å². The van der Waals surface area contributed by atoms with Crippen molar-refractivity contribution in [2.45, 2.75) is 32.9 Å². The smallest absolute Gasteiger partial charge is 0.322 e. The molecule has 0 fully saturated rings. The van der Waals surface area contributed by atoms with Crippen LogP contribution in [0.3, 0.4) is 0 Å². The second-order valence-electron chi connectivity index (χ2n) is 9.34. The monoisotopic (exact) mass is 541 g/mol. The lowest BCUT2D eigenvalue weighted by atomic mass is 9.98. The number of carbonyl (C=O) groups is 1. The van der Waals surface area contributed by atoms with E-state index in [-0.39, 0.29) is 5.97 Å². The lowest BCUT2D eigenvalue weighted by Crippen LogP contribution is -2.33. The maximum atomic E-state index is 11.9. The second-order valence-corrected chi connectivity index (χ2v) is 11.0. The van der Waals surface area contributed by atoms with Crippen LogP contribution in [0.5, 0.6) is 5.75 Å². The number of aryl methyl sites for hydroxylation is 1. The van der Waals surface area contributed by atoms with Crippen LogP contribution in [-0.4, -0.2) is 36.8 Å². The zero-order valence-electron chi connectivity index (χ0n) is 22.8. The molecule has 0 aliphatic heterocycles. The number of pyridine rings is 1. The molecule has 0 aliphatic rings. The molecule has 0 spiro atoms. The highest BCUT2D eigenvalue weighted by atomic mass is 31.2. The summed E-state index contributed by atoms with van der Waals surface area (Å²) in [4.78, 5) is 17.0. The third-order valence-electron chi connectivity index (χ3n) is 6.23. The van der Waals surface area contributed by atoms with Crippen LogP contribution in [0.1, 0.15) is 24.6 Å². The average molecular weight is 542 g/mol. The summed E-state index contributed by atoms with van der Waals surface area (Å²) in [7, 11) is 0.338. The summed E-state index contributed by atoms with van der Waals surface area (Å²) in [5.41, 5.74) is 6.60. The topological polar surface area (TPSA) is 72.5 Å². The molecule has 0 bridgehead atoms. The number of hydrogen-bond donors (Lipinski definition) is 2. The summed E-state index contributed by atoms with van der Waals surface area (Å²) in [6.07, 6.45) is 1.67. The first-order valence-corrected chi connectivity index (χ1v) is 14.7. The second kappa shape index (κ2) is 14.5. The molecule has 0 aliphatic carbocycles. The van der Waals surface area contributed by atoms with E-state index >= 15 is 0 Å². The molecule has 6 nitrogen and oxygen atoms in total. The third kappa shape index (κ3) is 8.46. The normalized spacial score (nSPS) is 12.5. The molecule has 7 heteroatoms. The van der Waals surface area contributed by atoms with Gasteiger partial charge in [0.2, 0.25) is 0 Å². The lowest BCUT2D eigenvalue weighted by Gasteiger charge is -2.22. The number of ether oxygens (including phenoxy) is 1. The summed E-state index contributed by atoms with van der Waals surface area (Å²) in [6, 6.07) is 32.4. The van der Waals surface area contributed by atoms with Gasteiger partial charge < -0.3 is 14.6 Å². The summed E-state index contributed by atoms with van der Waals surface area (Å²) in [6.45, 7) is 5.36. The van der Waals surface area contributed by atoms with Crippen molar-refractivity contribution in [3.63, 3.8) is 0 Å². The number of para-hydroxylation sites is 1. The van der Waals surface area contributed by atoms with Gasteiger partial charge in [0.25, 0.3) is 0 Å². The number of rotatable bonds is 13. The van der Waals surface area contributed by atoms with Crippen molar-refractivity contribution in [1.82, 2.24) is 15.4 Å². The molecule has 0 radical (unpaired) electrons. The van der Waals surface area contributed by atoms with Crippen LogP contribution in [0, 0.1) is 6.92 Å². The molecule has 202 valence electrons. The van der Waals surface area contributed by atoms with Gasteiger partial charge in [0.1, 0.15) is 11.8 Å². The molecule has 1 heterocycles. The molecule has 2 unspecified atom stereocenters. The van der Waals surface area contributed by atoms with Crippen molar-refractivity contribution < 1.29 is 14.1 Å².